The van der Waals surface area contributed by atoms with Gasteiger partial charge in [0.25, 0.3) is 0 Å². The van der Waals surface area contributed by atoms with E-state index in [0.29, 0.717) is 29.5 Å². The summed E-state index contributed by atoms with van der Waals surface area (Å²) in [6.45, 7) is 5.85. The molecule has 1 saturated carbocycles. The fraction of sp³-hybridized carbons (Fsp3) is 0.643. The zero-order valence-corrected chi connectivity index (χ0v) is 11.8. The standard InChI is InChI=1S/C14H21ClN2O/c1-10(2)5-6-18-14-13(15)7-11(9-17-14)8-16-12-3-4-12/h7,9-10,12,16H,3-6,8H2,1-2H3. The topological polar surface area (TPSA) is 34.1 Å². The minimum absolute atomic E-state index is 0.549. The number of halogens is 1. The molecule has 0 unspecified atom stereocenters. The van der Waals surface area contributed by atoms with Gasteiger partial charge in [-0.15, -0.1) is 0 Å². The smallest absolute Gasteiger partial charge is 0.232 e. The van der Waals surface area contributed by atoms with E-state index < -0.39 is 0 Å². The molecule has 3 nitrogen and oxygen atoms in total. The number of rotatable bonds is 7. The van der Waals surface area contributed by atoms with Gasteiger partial charge >= 0.3 is 0 Å². The Labute approximate surface area is 114 Å². The van der Waals surface area contributed by atoms with Crippen molar-refractivity contribution in [2.24, 2.45) is 5.92 Å². The Morgan fingerprint density at radius 3 is 2.89 bits per heavy atom. The zero-order chi connectivity index (χ0) is 13.0. The van der Waals surface area contributed by atoms with Crippen LogP contribution in [-0.2, 0) is 6.54 Å². The van der Waals surface area contributed by atoms with E-state index >= 15 is 0 Å². The van der Waals surface area contributed by atoms with Crippen LogP contribution in [0.25, 0.3) is 0 Å². The summed E-state index contributed by atoms with van der Waals surface area (Å²) < 4.78 is 5.58. The Kier molecular flexibility index (Phi) is 4.84. The van der Waals surface area contributed by atoms with Crippen LogP contribution in [0.3, 0.4) is 0 Å². The lowest BCUT2D eigenvalue weighted by molar-refractivity contribution is 0.279. The molecule has 0 saturated heterocycles. The van der Waals surface area contributed by atoms with Gasteiger partial charge in [0.1, 0.15) is 5.02 Å². The van der Waals surface area contributed by atoms with Crippen molar-refractivity contribution in [3.8, 4) is 5.88 Å². The lowest BCUT2D eigenvalue weighted by atomic mass is 10.1. The van der Waals surface area contributed by atoms with E-state index in [-0.39, 0.29) is 0 Å². The van der Waals surface area contributed by atoms with Crippen molar-refractivity contribution in [3.63, 3.8) is 0 Å². The Morgan fingerprint density at radius 1 is 1.50 bits per heavy atom. The van der Waals surface area contributed by atoms with Crippen molar-refractivity contribution in [1.82, 2.24) is 10.3 Å². The van der Waals surface area contributed by atoms with Crippen LogP contribution in [0.1, 0.15) is 38.7 Å². The molecule has 1 heterocycles. The van der Waals surface area contributed by atoms with Crippen LogP contribution >= 0.6 is 11.6 Å². The Bertz CT molecular complexity index is 391. The van der Waals surface area contributed by atoms with Crippen molar-refractivity contribution < 1.29 is 4.74 Å². The largest absolute Gasteiger partial charge is 0.477 e. The molecule has 0 aliphatic heterocycles. The second kappa shape index (κ2) is 6.39. The molecular weight excluding hydrogens is 248 g/mol. The molecule has 18 heavy (non-hydrogen) atoms. The highest BCUT2D eigenvalue weighted by Gasteiger charge is 2.20. The lowest BCUT2D eigenvalue weighted by Crippen LogP contribution is -2.15. The SMILES string of the molecule is CC(C)CCOc1ncc(CNC2CC2)cc1Cl. The minimum atomic E-state index is 0.549. The van der Waals surface area contributed by atoms with E-state index in [1.54, 1.807) is 0 Å². The van der Waals surface area contributed by atoms with Gasteiger partial charge in [0.2, 0.25) is 5.88 Å². The maximum absolute atomic E-state index is 6.16. The molecule has 0 radical (unpaired) electrons. The maximum Gasteiger partial charge on any atom is 0.232 e. The van der Waals surface area contributed by atoms with Crippen LogP contribution in [0.5, 0.6) is 5.88 Å². The molecule has 100 valence electrons. The lowest BCUT2D eigenvalue weighted by Gasteiger charge is -2.10. The molecule has 0 atom stereocenters. The van der Waals surface area contributed by atoms with Gasteiger partial charge in [-0.25, -0.2) is 4.98 Å². The highest BCUT2D eigenvalue weighted by molar-refractivity contribution is 6.31. The number of pyridine rings is 1. The van der Waals surface area contributed by atoms with E-state index in [2.05, 4.69) is 24.1 Å². The molecule has 1 aromatic rings. The third-order valence-electron chi connectivity index (χ3n) is 2.97. The van der Waals surface area contributed by atoms with Crippen LogP contribution in [-0.4, -0.2) is 17.6 Å². The molecule has 1 aromatic heterocycles. The van der Waals surface area contributed by atoms with Crippen molar-refractivity contribution >= 4 is 11.6 Å². The second-order valence-corrected chi connectivity index (χ2v) is 5.72. The Balaban J connectivity index is 1.83. The minimum Gasteiger partial charge on any atom is -0.477 e. The molecule has 1 N–H and O–H groups in total. The van der Waals surface area contributed by atoms with Gasteiger partial charge in [-0.2, -0.15) is 0 Å². The summed E-state index contributed by atoms with van der Waals surface area (Å²) in [4.78, 5) is 4.28. The first-order valence-electron chi connectivity index (χ1n) is 6.65. The normalized spacial score (nSPS) is 15.1. The summed E-state index contributed by atoms with van der Waals surface area (Å²) >= 11 is 6.16. The summed E-state index contributed by atoms with van der Waals surface area (Å²) in [7, 11) is 0. The molecule has 4 heteroatoms. The zero-order valence-electron chi connectivity index (χ0n) is 11.1. The third-order valence-corrected chi connectivity index (χ3v) is 3.24. The molecule has 1 aliphatic carbocycles. The summed E-state index contributed by atoms with van der Waals surface area (Å²) in [5, 5.41) is 4.04. The Morgan fingerprint density at radius 2 is 2.28 bits per heavy atom. The number of hydrogen-bond acceptors (Lipinski definition) is 3. The molecule has 0 aromatic carbocycles. The highest BCUT2D eigenvalue weighted by atomic mass is 35.5. The molecular formula is C14H21ClN2O. The van der Waals surface area contributed by atoms with E-state index in [0.717, 1.165) is 18.5 Å². The molecule has 0 amide bonds. The van der Waals surface area contributed by atoms with E-state index in [1.807, 2.05) is 12.3 Å². The molecule has 0 bridgehead atoms. The summed E-state index contributed by atoms with van der Waals surface area (Å²) in [6, 6.07) is 2.64. The first-order valence-corrected chi connectivity index (χ1v) is 7.03. The van der Waals surface area contributed by atoms with Gasteiger partial charge in [0, 0.05) is 18.8 Å². The average Bonchev–Trinajstić information content (AvgIpc) is 3.12. The molecule has 1 fully saturated rings. The summed E-state index contributed by atoms with van der Waals surface area (Å²) in [6.07, 6.45) is 5.43. The van der Waals surface area contributed by atoms with Crippen LogP contribution in [0.2, 0.25) is 5.02 Å². The van der Waals surface area contributed by atoms with Crippen molar-refractivity contribution in [3.05, 3.63) is 22.8 Å². The quantitative estimate of drug-likeness (QED) is 0.823. The Hall–Kier alpha value is -0.800. The van der Waals surface area contributed by atoms with Crippen LogP contribution in [0.4, 0.5) is 0 Å². The monoisotopic (exact) mass is 268 g/mol. The maximum atomic E-state index is 6.16. The van der Waals surface area contributed by atoms with E-state index in [1.165, 1.54) is 12.8 Å². The van der Waals surface area contributed by atoms with Crippen molar-refractivity contribution in [2.75, 3.05) is 6.61 Å². The van der Waals surface area contributed by atoms with Crippen LogP contribution in [0, 0.1) is 5.92 Å². The van der Waals surface area contributed by atoms with Crippen LogP contribution in [0.15, 0.2) is 12.3 Å². The first-order chi connectivity index (χ1) is 8.65. The number of ether oxygens (including phenoxy) is 1. The number of nitrogens with one attached hydrogen (secondary N) is 1. The predicted octanol–water partition coefficient (Wildman–Crippen LogP) is 3.41. The van der Waals surface area contributed by atoms with Crippen molar-refractivity contribution in [1.29, 1.82) is 0 Å². The number of aromatic nitrogens is 1. The van der Waals surface area contributed by atoms with Gasteiger partial charge in [-0.1, -0.05) is 25.4 Å². The second-order valence-electron chi connectivity index (χ2n) is 5.32. The van der Waals surface area contributed by atoms with Gasteiger partial charge in [0.05, 0.1) is 6.61 Å². The fourth-order valence-corrected chi connectivity index (χ4v) is 1.85. The van der Waals surface area contributed by atoms with Crippen LogP contribution < -0.4 is 10.1 Å². The van der Waals surface area contributed by atoms with Gasteiger partial charge in [-0.3, -0.25) is 0 Å². The van der Waals surface area contributed by atoms with Gasteiger partial charge in [0.15, 0.2) is 0 Å². The summed E-state index contributed by atoms with van der Waals surface area (Å²) in [5.74, 6) is 1.18. The van der Waals surface area contributed by atoms with E-state index in [9.17, 15) is 0 Å². The average molecular weight is 269 g/mol. The number of hydrogen-bond donors (Lipinski definition) is 1. The van der Waals surface area contributed by atoms with E-state index in [4.69, 9.17) is 16.3 Å². The van der Waals surface area contributed by atoms with Gasteiger partial charge in [-0.05, 0) is 36.8 Å². The third kappa shape index (κ3) is 4.46. The molecule has 1 aliphatic rings. The molecule has 2 rings (SSSR count). The predicted molar refractivity (Wildman–Crippen MR) is 74.1 cm³/mol. The first kappa shape index (κ1) is 13.6. The summed E-state index contributed by atoms with van der Waals surface area (Å²) in [5.41, 5.74) is 1.11. The van der Waals surface area contributed by atoms with Gasteiger partial charge < -0.3 is 10.1 Å². The number of nitrogens with zero attached hydrogens (tertiary/aromatic N) is 1. The van der Waals surface area contributed by atoms with Crippen molar-refractivity contribution in [2.45, 2.75) is 45.7 Å². The fourth-order valence-electron chi connectivity index (χ4n) is 1.61. The highest BCUT2D eigenvalue weighted by Crippen LogP contribution is 2.24. The molecule has 0 spiro atoms.